The van der Waals surface area contributed by atoms with Gasteiger partial charge in [0.15, 0.2) is 5.11 Å². The molecule has 1 atom stereocenters. The van der Waals surface area contributed by atoms with Crippen molar-refractivity contribution < 1.29 is 0 Å². The maximum absolute atomic E-state index is 5.94. The summed E-state index contributed by atoms with van der Waals surface area (Å²) in [4.78, 5) is 2.12. The van der Waals surface area contributed by atoms with Gasteiger partial charge in [-0.05, 0) is 35.5 Å². The minimum Gasteiger partial charge on any atom is -0.323 e. The summed E-state index contributed by atoms with van der Waals surface area (Å²) in [5, 5.41) is 1.44. The Labute approximate surface area is 128 Å². The normalized spacial score (nSPS) is 18.1. The van der Waals surface area contributed by atoms with E-state index >= 15 is 0 Å². The Balaban J connectivity index is 1.83. The van der Waals surface area contributed by atoms with Crippen molar-refractivity contribution in [1.82, 2.24) is 15.8 Å². The van der Waals surface area contributed by atoms with Gasteiger partial charge in [-0.1, -0.05) is 54.1 Å². The molecule has 3 nitrogen and oxygen atoms in total. The van der Waals surface area contributed by atoms with Gasteiger partial charge in [-0.25, -0.2) is 5.43 Å². The maximum atomic E-state index is 5.94. The van der Waals surface area contributed by atoms with Crippen LogP contribution in [0.5, 0.6) is 0 Å². The van der Waals surface area contributed by atoms with Crippen LogP contribution in [0.1, 0.15) is 17.3 Å². The number of hydrogen-bond donors (Lipinski definition) is 2. The molecule has 1 fully saturated rings. The van der Waals surface area contributed by atoms with Crippen LogP contribution in [0, 0.1) is 0 Å². The molecule has 0 spiro atoms. The SMILES string of the molecule is S=C1NNC(c2ccc(Cl)cc2)N1Cc1ccccc1. The lowest BCUT2D eigenvalue weighted by molar-refractivity contribution is 0.309. The van der Waals surface area contributed by atoms with Crippen molar-refractivity contribution in [2.75, 3.05) is 0 Å². The van der Waals surface area contributed by atoms with Crippen molar-refractivity contribution in [3.8, 4) is 0 Å². The smallest absolute Gasteiger partial charge is 0.185 e. The Morgan fingerprint density at radius 1 is 1.05 bits per heavy atom. The van der Waals surface area contributed by atoms with Crippen LogP contribution in [-0.2, 0) is 6.54 Å². The molecule has 2 N–H and O–H groups in total. The molecular weight excluding hydrogens is 290 g/mol. The van der Waals surface area contributed by atoms with Crippen molar-refractivity contribution in [1.29, 1.82) is 0 Å². The van der Waals surface area contributed by atoms with E-state index in [-0.39, 0.29) is 6.17 Å². The second kappa shape index (κ2) is 5.79. The highest BCUT2D eigenvalue weighted by atomic mass is 35.5. The third kappa shape index (κ3) is 2.77. The zero-order valence-electron chi connectivity index (χ0n) is 10.7. The number of nitrogens with zero attached hydrogens (tertiary/aromatic N) is 1. The van der Waals surface area contributed by atoms with Gasteiger partial charge in [0.2, 0.25) is 0 Å². The van der Waals surface area contributed by atoms with Gasteiger partial charge < -0.3 is 4.90 Å². The van der Waals surface area contributed by atoms with Crippen molar-refractivity contribution >= 4 is 28.9 Å². The molecule has 1 unspecified atom stereocenters. The molecule has 1 aliphatic heterocycles. The second-order valence-electron chi connectivity index (χ2n) is 4.64. The van der Waals surface area contributed by atoms with Crippen LogP contribution in [0.25, 0.3) is 0 Å². The fourth-order valence-electron chi connectivity index (χ4n) is 2.25. The summed E-state index contributed by atoms with van der Waals surface area (Å²) >= 11 is 11.3. The second-order valence-corrected chi connectivity index (χ2v) is 5.47. The third-order valence-corrected chi connectivity index (χ3v) is 3.86. The molecule has 0 aromatic heterocycles. The fraction of sp³-hybridized carbons (Fsp3) is 0.133. The van der Waals surface area contributed by atoms with Crippen LogP contribution < -0.4 is 10.9 Å². The lowest BCUT2D eigenvalue weighted by Crippen LogP contribution is -2.29. The van der Waals surface area contributed by atoms with Crippen LogP contribution in [0.15, 0.2) is 54.6 Å². The lowest BCUT2D eigenvalue weighted by Gasteiger charge is -2.24. The van der Waals surface area contributed by atoms with Crippen LogP contribution in [0.3, 0.4) is 0 Å². The highest BCUT2D eigenvalue weighted by Crippen LogP contribution is 2.24. The molecule has 1 heterocycles. The Morgan fingerprint density at radius 2 is 1.75 bits per heavy atom. The first-order valence-corrected chi connectivity index (χ1v) is 7.14. The molecule has 20 heavy (non-hydrogen) atoms. The first-order chi connectivity index (χ1) is 9.74. The number of rotatable bonds is 3. The molecule has 2 aromatic rings. The van der Waals surface area contributed by atoms with E-state index in [1.54, 1.807) is 0 Å². The monoisotopic (exact) mass is 303 g/mol. The summed E-state index contributed by atoms with van der Waals surface area (Å²) in [7, 11) is 0. The van der Waals surface area contributed by atoms with E-state index in [0.29, 0.717) is 5.11 Å². The topological polar surface area (TPSA) is 27.3 Å². The van der Waals surface area contributed by atoms with Crippen LogP contribution >= 0.6 is 23.8 Å². The van der Waals surface area contributed by atoms with Crippen LogP contribution in [0.4, 0.5) is 0 Å². The predicted molar refractivity (Wildman–Crippen MR) is 85.0 cm³/mol. The summed E-state index contributed by atoms with van der Waals surface area (Å²) in [6.07, 6.45) is 0.0139. The van der Waals surface area contributed by atoms with Gasteiger partial charge >= 0.3 is 0 Å². The number of hydrogen-bond acceptors (Lipinski definition) is 2. The highest BCUT2D eigenvalue weighted by Gasteiger charge is 2.28. The van der Waals surface area contributed by atoms with Crippen LogP contribution in [-0.4, -0.2) is 10.0 Å². The Bertz CT molecular complexity index is 600. The number of benzene rings is 2. The number of hydrazine groups is 1. The summed E-state index contributed by atoms with van der Waals surface area (Å²) < 4.78 is 0. The summed E-state index contributed by atoms with van der Waals surface area (Å²) in [5.41, 5.74) is 8.58. The van der Waals surface area contributed by atoms with Crippen molar-refractivity contribution in [3.63, 3.8) is 0 Å². The quantitative estimate of drug-likeness (QED) is 0.851. The van der Waals surface area contributed by atoms with Gasteiger partial charge in [-0.2, -0.15) is 0 Å². The summed E-state index contributed by atoms with van der Waals surface area (Å²) in [5.74, 6) is 0. The molecule has 3 rings (SSSR count). The molecule has 0 radical (unpaired) electrons. The van der Waals surface area contributed by atoms with Gasteiger partial charge in [-0.3, -0.25) is 5.43 Å². The predicted octanol–water partition coefficient (Wildman–Crippen LogP) is 3.23. The van der Waals surface area contributed by atoms with Crippen molar-refractivity contribution in [2.45, 2.75) is 12.7 Å². The van der Waals surface area contributed by atoms with E-state index in [9.17, 15) is 0 Å². The standard InChI is InChI=1S/C15H14ClN3S/c16-13-8-6-12(7-9-13)14-17-18-15(20)19(14)10-11-4-2-1-3-5-11/h1-9,14,17H,10H2,(H,18,20). The third-order valence-electron chi connectivity index (χ3n) is 3.27. The average Bonchev–Trinajstić information content (AvgIpc) is 2.83. The van der Waals surface area contributed by atoms with Gasteiger partial charge in [-0.15, -0.1) is 0 Å². The van der Waals surface area contributed by atoms with Gasteiger partial charge in [0.25, 0.3) is 0 Å². The maximum Gasteiger partial charge on any atom is 0.185 e. The molecular formula is C15H14ClN3S. The van der Waals surface area contributed by atoms with Crippen molar-refractivity contribution in [2.24, 2.45) is 0 Å². The molecule has 5 heteroatoms. The van der Waals surface area contributed by atoms with Gasteiger partial charge in [0.05, 0.1) is 0 Å². The minimum atomic E-state index is 0.0139. The fourth-order valence-corrected chi connectivity index (χ4v) is 2.60. The number of thiocarbonyl (C=S) groups is 1. The summed E-state index contributed by atoms with van der Waals surface area (Å²) in [6, 6.07) is 18.1. The largest absolute Gasteiger partial charge is 0.323 e. The molecule has 0 bridgehead atoms. The molecule has 1 saturated heterocycles. The zero-order valence-corrected chi connectivity index (χ0v) is 12.3. The molecule has 2 aromatic carbocycles. The van der Waals surface area contributed by atoms with E-state index < -0.39 is 0 Å². The molecule has 0 amide bonds. The molecule has 0 aliphatic carbocycles. The van der Waals surface area contributed by atoms with E-state index in [1.165, 1.54) is 5.56 Å². The zero-order chi connectivity index (χ0) is 13.9. The van der Waals surface area contributed by atoms with Crippen molar-refractivity contribution in [3.05, 3.63) is 70.7 Å². The van der Waals surface area contributed by atoms with Crippen LogP contribution in [0.2, 0.25) is 5.02 Å². The Hall–Kier alpha value is -1.62. The Morgan fingerprint density at radius 3 is 2.45 bits per heavy atom. The van der Waals surface area contributed by atoms with E-state index in [2.05, 4.69) is 27.9 Å². The average molecular weight is 304 g/mol. The molecule has 0 saturated carbocycles. The van der Waals surface area contributed by atoms with E-state index in [1.807, 2.05) is 42.5 Å². The first kappa shape index (κ1) is 13.4. The number of halogens is 1. The first-order valence-electron chi connectivity index (χ1n) is 6.35. The number of nitrogens with one attached hydrogen (secondary N) is 2. The van der Waals surface area contributed by atoms with E-state index in [4.69, 9.17) is 23.8 Å². The van der Waals surface area contributed by atoms with Gasteiger partial charge in [0.1, 0.15) is 6.17 Å². The Kier molecular flexibility index (Phi) is 3.87. The molecule has 102 valence electrons. The molecule has 1 aliphatic rings. The lowest BCUT2D eigenvalue weighted by atomic mass is 10.1. The minimum absolute atomic E-state index is 0.0139. The summed E-state index contributed by atoms with van der Waals surface area (Å²) in [6.45, 7) is 0.757. The van der Waals surface area contributed by atoms with Gasteiger partial charge in [0, 0.05) is 11.6 Å². The highest BCUT2D eigenvalue weighted by molar-refractivity contribution is 7.80. The van der Waals surface area contributed by atoms with E-state index in [0.717, 1.165) is 17.1 Å².